The fourth-order valence-electron chi connectivity index (χ4n) is 1.72. The van der Waals surface area contributed by atoms with Crippen molar-refractivity contribution in [2.24, 2.45) is 0 Å². The van der Waals surface area contributed by atoms with E-state index in [0.717, 1.165) is 5.56 Å². The molecule has 0 heterocycles. The van der Waals surface area contributed by atoms with Crippen molar-refractivity contribution in [2.45, 2.75) is 6.42 Å². The Balaban J connectivity index is 1.97. The molecule has 0 aliphatic carbocycles. The lowest BCUT2D eigenvalue weighted by molar-refractivity contribution is -0.115. The van der Waals surface area contributed by atoms with Gasteiger partial charge in [-0.1, -0.05) is 12.1 Å². The molecular formula is C15H14N2O3. The van der Waals surface area contributed by atoms with Gasteiger partial charge in [0.2, 0.25) is 5.91 Å². The average molecular weight is 270 g/mol. The first-order valence-corrected chi connectivity index (χ1v) is 6.02. The van der Waals surface area contributed by atoms with Crippen LogP contribution < -0.4 is 11.1 Å². The van der Waals surface area contributed by atoms with Gasteiger partial charge in [-0.15, -0.1) is 0 Å². The zero-order valence-corrected chi connectivity index (χ0v) is 10.7. The summed E-state index contributed by atoms with van der Waals surface area (Å²) >= 11 is 0. The standard InChI is InChI=1S/C15H14N2O3/c16-12-5-1-10(2-6-12)9-14(18)17-13-7-3-11(4-8-13)15(19)20/h1-8H,9,16H2,(H,17,18)(H,19,20). The minimum Gasteiger partial charge on any atom is -0.478 e. The van der Waals surface area contributed by atoms with Crippen LogP contribution in [0.3, 0.4) is 0 Å². The lowest BCUT2D eigenvalue weighted by Crippen LogP contribution is -2.14. The van der Waals surface area contributed by atoms with Crippen LogP contribution in [0.25, 0.3) is 0 Å². The molecule has 5 nitrogen and oxygen atoms in total. The van der Waals surface area contributed by atoms with Crippen LogP contribution >= 0.6 is 0 Å². The quantitative estimate of drug-likeness (QED) is 0.742. The molecule has 0 aliphatic heterocycles. The second-order valence-corrected chi connectivity index (χ2v) is 4.35. The highest BCUT2D eigenvalue weighted by atomic mass is 16.4. The van der Waals surface area contributed by atoms with Gasteiger partial charge in [0.1, 0.15) is 0 Å². The lowest BCUT2D eigenvalue weighted by atomic mass is 10.1. The fraction of sp³-hybridized carbons (Fsp3) is 0.0667. The highest BCUT2D eigenvalue weighted by Gasteiger charge is 2.06. The van der Waals surface area contributed by atoms with Gasteiger partial charge in [0.05, 0.1) is 12.0 Å². The molecule has 0 fully saturated rings. The van der Waals surface area contributed by atoms with Crippen molar-refractivity contribution in [3.05, 3.63) is 59.7 Å². The zero-order chi connectivity index (χ0) is 14.5. The molecule has 0 saturated heterocycles. The topological polar surface area (TPSA) is 92.4 Å². The number of carboxylic acid groups (broad SMARTS) is 1. The number of rotatable bonds is 4. The number of nitrogens with one attached hydrogen (secondary N) is 1. The first-order valence-electron chi connectivity index (χ1n) is 6.02. The Morgan fingerprint density at radius 3 is 2.15 bits per heavy atom. The van der Waals surface area contributed by atoms with E-state index >= 15 is 0 Å². The molecule has 20 heavy (non-hydrogen) atoms. The predicted octanol–water partition coefficient (Wildman–Crippen LogP) is 2.15. The number of amides is 1. The third-order valence-electron chi connectivity index (χ3n) is 2.76. The molecule has 0 atom stereocenters. The maximum absolute atomic E-state index is 11.8. The molecule has 102 valence electrons. The van der Waals surface area contributed by atoms with Gasteiger partial charge in [-0.25, -0.2) is 4.79 Å². The fourth-order valence-corrected chi connectivity index (χ4v) is 1.72. The van der Waals surface area contributed by atoms with E-state index in [4.69, 9.17) is 10.8 Å². The minimum absolute atomic E-state index is 0.169. The van der Waals surface area contributed by atoms with Crippen molar-refractivity contribution in [1.82, 2.24) is 0 Å². The van der Waals surface area contributed by atoms with Gasteiger partial charge in [0.15, 0.2) is 0 Å². The molecular weight excluding hydrogens is 256 g/mol. The summed E-state index contributed by atoms with van der Waals surface area (Å²) in [6.07, 6.45) is 0.237. The van der Waals surface area contributed by atoms with Crippen molar-refractivity contribution in [1.29, 1.82) is 0 Å². The van der Waals surface area contributed by atoms with E-state index in [-0.39, 0.29) is 17.9 Å². The Hall–Kier alpha value is -2.82. The number of aromatic carboxylic acids is 1. The van der Waals surface area contributed by atoms with E-state index in [1.54, 1.807) is 36.4 Å². The number of nitrogen functional groups attached to an aromatic ring is 1. The van der Waals surface area contributed by atoms with Crippen LogP contribution in [0.15, 0.2) is 48.5 Å². The zero-order valence-electron chi connectivity index (χ0n) is 10.7. The molecule has 0 spiro atoms. The van der Waals surface area contributed by atoms with Gasteiger partial charge < -0.3 is 16.2 Å². The number of carbonyl (C=O) groups is 2. The van der Waals surface area contributed by atoms with Crippen molar-refractivity contribution in [3.63, 3.8) is 0 Å². The second-order valence-electron chi connectivity index (χ2n) is 4.35. The number of nitrogens with two attached hydrogens (primary N) is 1. The molecule has 0 bridgehead atoms. The summed E-state index contributed by atoms with van der Waals surface area (Å²) in [7, 11) is 0. The van der Waals surface area contributed by atoms with E-state index in [0.29, 0.717) is 11.4 Å². The van der Waals surface area contributed by atoms with E-state index in [9.17, 15) is 9.59 Å². The van der Waals surface area contributed by atoms with Crippen molar-refractivity contribution >= 4 is 23.3 Å². The summed E-state index contributed by atoms with van der Waals surface area (Å²) in [6.45, 7) is 0. The Kier molecular flexibility index (Phi) is 4.00. The van der Waals surface area contributed by atoms with Crippen LogP contribution in [0.1, 0.15) is 15.9 Å². The molecule has 4 N–H and O–H groups in total. The van der Waals surface area contributed by atoms with Gasteiger partial charge in [0, 0.05) is 11.4 Å². The van der Waals surface area contributed by atoms with Crippen molar-refractivity contribution in [3.8, 4) is 0 Å². The van der Waals surface area contributed by atoms with Crippen LogP contribution in [-0.4, -0.2) is 17.0 Å². The summed E-state index contributed by atoms with van der Waals surface area (Å²) in [5.74, 6) is -1.16. The molecule has 2 aromatic rings. The Morgan fingerprint density at radius 2 is 1.60 bits per heavy atom. The van der Waals surface area contributed by atoms with Gasteiger partial charge in [0.25, 0.3) is 0 Å². The maximum atomic E-state index is 11.8. The van der Waals surface area contributed by atoms with Crippen LogP contribution in [0, 0.1) is 0 Å². The number of anilines is 2. The molecule has 1 amide bonds. The summed E-state index contributed by atoms with van der Waals surface area (Å²) in [5, 5.41) is 11.5. The molecule has 2 aromatic carbocycles. The number of carbonyl (C=O) groups excluding carboxylic acids is 1. The van der Waals surface area contributed by atoms with Gasteiger partial charge in [-0.05, 0) is 42.0 Å². The van der Waals surface area contributed by atoms with E-state index in [1.807, 2.05) is 0 Å². The van der Waals surface area contributed by atoms with E-state index < -0.39 is 5.97 Å². The average Bonchev–Trinajstić information content (AvgIpc) is 2.42. The minimum atomic E-state index is -0.996. The highest BCUT2D eigenvalue weighted by Crippen LogP contribution is 2.11. The SMILES string of the molecule is Nc1ccc(CC(=O)Nc2ccc(C(=O)O)cc2)cc1. The highest BCUT2D eigenvalue weighted by molar-refractivity contribution is 5.93. The first-order chi connectivity index (χ1) is 9.54. The molecule has 0 saturated carbocycles. The van der Waals surface area contributed by atoms with Crippen LogP contribution in [-0.2, 0) is 11.2 Å². The molecule has 0 radical (unpaired) electrons. The summed E-state index contributed by atoms with van der Waals surface area (Å²) in [6, 6.07) is 13.1. The predicted molar refractivity (Wildman–Crippen MR) is 76.6 cm³/mol. The number of hydrogen-bond donors (Lipinski definition) is 3. The van der Waals surface area contributed by atoms with E-state index in [2.05, 4.69) is 5.32 Å². The molecule has 0 aliphatic rings. The second kappa shape index (κ2) is 5.88. The number of hydrogen-bond acceptors (Lipinski definition) is 3. The van der Waals surface area contributed by atoms with E-state index in [1.165, 1.54) is 12.1 Å². The Bertz CT molecular complexity index is 619. The van der Waals surface area contributed by atoms with Crippen LogP contribution in [0.4, 0.5) is 11.4 Å². The molecule has 2 rings (SSSR count). The third kappa shape index (κ3) is 3.58. The van der Waals surface area contributed by atoms with Gasteiger partial charge >= 0.3 is 5.97 Å². The first kappa shape index (κ1) is 13.6. The monoisotopic (exact) mass is 270 g/mol. The summed E-state index contributed by atoms with van der Waals surface area (Å²) in [4.78, 5) is 22.5. The summed E-state index contributed by atoms with van der Waals surface area (Å²) < 4.78 is 0. The largest absolute Gasteiger partial charge is 0.478 e. The normalized spacial score (nSPS) is 10.0. The maximum Gasteiger partial charge on any atom is 0.335 e. The van der Waals surface area contributed by atoms with Crippen molar-refractivity contribution < 1.29 is 14.7 Å². The van der Waals surface area contributed by atoms with Crippen LogP contribution in [0.5, 0.6) is 0 Å². The van der Waals surface area contributed by atoms with Gasteiger partial charge in [-0.2, -0.15) is 0 Å². The molecule has 0 unspecified atom stereocenters. The Labute approximate surface area is 116 Å². The Morgan fingerprint density at radius 1 is 1.00 bits per heavy atom. The number of benzene rings is 2. The summed E-state index contributed by atoms with van der Waals surface area (Å²) in [5.41, 5.74) is 7.83. The molecule has 0 aromatic heterocycles. The third-order valence-corrected chi connectivity index (χ3v) is 2.76. The van der Waals surface area contributed by atoms with Gasteiger partial charge in [-0.3, -0.25) is 4.79 Å². The lowest BCUT2D eigenvalue weighted by Gasteiger charge is -2.06. The number of carboxylic acids is 1. The molecule has 5 heteroatoms. The van der Waals surface area contributed by atoms with Crippen LogP contribution in [0.2, 0.25) is 0 Å². The smallest absolute Gasteiger partial charge is 0.335 e. The van der Waals surface area contributed by atoms with Crippen molar-refractivity contribution in [2.75, 3.05) is 11.1 Å².